The number of pyridine rings is 2. The number of nitrogens with one attached hydrogen (secondary N) is 2. The summed E-state index contributed by atoms with van der Waals surface area (Å²) in [6, 6.07) is 12.9. The molecular weight excluding hydrogens is 466 g/mol. The third-order valence-corrected chi connectivity index (χ3v) is 7.95. The predicted octanol–water partition coefficient (Wildman–Crippen LogP) is 6.20. The topological polar surface area (TPSA) is 86.4 Å². The lowest BCUT2D eigenvalue weighted by atomic mass is 10.0. The third kappa shape index (κ3) is 3.79. The van der Waals surface area contributed by atoms with Crippen molar-refractivity contribution in [3.8, 4) is 33.1 Å². The minimum atomic E-state index is 0.733. The number of imidazole rings is 1. The van der Waals surface area contributed by atoms with Crippen molar-refractivity contribution in [1.82, 2.24) is 35.0 Å². The SMILES string of the molecule is Cc1ccc(-c2cncc3[nH]c(-c4n[nH]c5ccc(-c6cncc(CN7CCCC7)c6)cc45)nc23)s1. The quantitative estimate of drug-likeness (QED) is 0.300. The van der Waals surface area contributed by atoms with Gasteiger partial charge in [-0.25, -0.2) is 4.98 Å². The summed E-state index contributed by atoms with van der Waals surface area (Å²) in [5.41, 5.74) is 8.11. The van der Waals surface area contributed by atoms with Crippen molar-refractivity contribution < 1.29 is 0 Å². The molecule has 1 aromatic carbocycles. The molecule has 2 N–H and O–H groups in total. The smallest absolute Gasteiger partial charge is 0.159 e. The van der Waals surface area contributed by atoms with E-state index in [1.165, 1.54) is 41.2 Å². The highest BCUT2D eigenvalue weighted by atomic mass is 32.1. The summed E-state index contributed by atoms with van der Waals surface area (Å²) in [7, 11) is 0. The van der Waals surface area contributed by atoms with Gasteiger partial charge in [-0.2, -0.15) is 5.10 Å². The first kappa shape index (κ1) is 21.4. The number of aromatic nitrogens is 6. The van der Waals surface area contributed by atoms with E-state index in [9.17, 15) is 0 Å². The van der Waals surface area contributed by atoms with Gasteiger partial charge < -0.3 is 4.98 Å². The average Bonchev–Trinajstić information content (AvgIpc) is 3.70. The predicted molar refractivity (Wildman–Crippen MR) is 145 cm³/mol. The standard InChI is InChI=1S/C28H25N7S/c1-17-4-7-25(36-17)22-14-30-15-24-26(22)32-28(31-24)27-21-11-19(5-6-23(21)33-34-27)20-10-18(12-29-13-20)16-35-8-2-3-9-35/h4-7,10-15H,2-3,8-9,16H2,1H3,(H,31,32)(H,33,34). The van der Waals surface area contributed by atoms with Crippen LogP contribution >= 0.6 is 11.3 Å². The lowest BCUT2D eigenvalue weighted by molar-refractivity contribution is 0.331. The number of benzene rings is 1. The molecule has 1 fully saturated rings. The van der Waals surface area contributed by atoms with Crippen molar-refractivity contribution in [2.45, 2.75) is 26.3 Å². The van der Waals surface area contributed by atoms with Crippen LogP contribution in [0.3, 0.4) is 0 Å². The molecular formula is C28H25N7S. The molecule has 0 bridgehead atoms. The summed E-state index contributed by atoms with van der Waals surface area (Å²) < 4.78 is 0. The van der Waals surface area contributed by atoms with Crippen LogP contribution in [0.25, 0.3) is 55.0 Å². The van der Waals surface area contributed by atoms with E-state index < -0.39 is 0 Å². The van der Waals surface area contributed by atoms with E-state index in [1.807, 2.05) is 24.8 Å². The van der Waals surface area contributed by atoms with Gasteiger partial charge in [-0.1, -0.05) is 6.07 Å². The molecule has 7 nitrogen and oxygen atoms in total. The molecule has 1 aliphatic heterocycles. The van der Waals surface area contributed by atoms with Gasteiger partial charge >= 0.3 is 0 Å². The summed E-state index contributed by atoms with van der Waals surface area (Å²) >= 11 is 1.75. The summed E-state index contributed by atoms with van der Waals surface area (Å²) in [5, 5.41) is 8.83. The van der Waals surface area contributed by atoms with Gasteiger partial charge in [-0.05, 0) is 74.3 Å². The molecule has 1 saturated heterocycles. The Kier molecular flexibility index (Phi) is 5.15. The second-order valence-electron chi connectivity index (χ2n) is 9.48. The van der Waals surface area contributed by atoms with Crippen LogP contribution < -0.4 is 0 Å². The number of rotatable bonds is 5. The van der Waals surface area contributed by atoms with Crippen LogP contribution in [-0.2, 0) is 6.54 Å². The number of likely N-dealkylation sites (tertiary alicyclic amines) is 1. The monoisotopic (exact) mass is 491 g/mol. The minimum absolute atomic E-state index is 0.733. The van der Waals surface area contributed by atoms with Gasteiger partial charge in [0.25, 0.3) is 0 Å². The number of fused-ring (bicyclic) bond motifs is 2. The van der Waals surface area contributed by atoms with Crippen LogP contribution in [0.4, 0.5) is 0 Å². The van der Waals surface area contributed by atoms with Crippen molar-refractivity contribution in [2.24, 2.45) is 0 Å². The maximum absolute atomic E-state index is 4.98. The van der Waals surface area contributed by atoms with Crippen LogP contribution in [0.2, 0.25) is 0 Å². The number of hydrogen-bond acceptors (Lipinski definition) is 6. The van der Waals surface area contributed by atoms with E-state index in [0.717, 1.165) is 56.7 Å². The Balaban J connectivity index is 1.28. The van der Waals surface area contributed by atoms with Gasteiger partial charge in [0.15, 0.2) is 5.82 Å². The lowest BCUT2D eigenvalue weighted by Crippen LogP contribution is -2.18. The summed E-state index contributed by atoms with van der Waals surface area (Å²) in [5.74, 6) is 0.733. The second kappa shape index (κ2) is 8.65. The van der Waals surface area contributed by atoms with Gasteiger partial charge in [-0.15, -0.1) is 11.3 Å². The molecule has 0 radical (unpaired) electrons. The molecule has 0 spiro atoms. The number of aromatic amines is 2. The van der Waals surface area contributed by atoms with Gasteiger partial charge in [-0.3, -0.25) is 20.0 Å². The largest absolute Gasteiger partial charge is 0.335 e. The molecule has 0 saturated carbocycles. The van der Waals surface area contributed by atoms with Crippen LogP contribution in [0.5, 0.6) is 0 Å². The Morgan fingerprint density at radius 2 is 1.81 bits per heavy atom. The van der Waals surface area contributed by atoms with Crippen molar-refractivity contribution in [3.63, 3.8) is 0 Å². The van der Waals surface area contributed by atoms with Crippen molar-refractivity contribution in [2.75, 3.05) is 13.1 Å². The van der Waals surface area contributed by atoms with E-state index in [1.54, 1.807) is 11.3 Å². The fourth-order valence-corrected chi connectivity index (χ4v) is 5.99. The molecule has 6 heterocycles. The number of aryl methyl sites for hydroxylation is 1. The Morgan fingerprint density at radius 3 is 2.67 bits per heavy atom. The second-order valence-corrected chi connectivity index (χ2v) is 10.8. The van der Waals surface area contributed by atoms with E-state index in [-0.39, 0.29) is 0 Å². The molecule has 1 aliphatic rings. The molecule has 0 unspecified atom stereocenters. The molecule has 6 aromatic rings. The first-order valence-corrected chi connectivity index (χ1v) is 13.1. The number of thiophene rings is 1. The Labute approximate surface area is 212 Å². The fraction of sp³-hybridized carbons (Fsp3) is 0.214. The zero-order chi connectivity index (χ0) is 24.1. The van der Waals surface area contributed by atoms with Crippen LogP contribution in [0, 0.1) is 6.92 Å². The van der Waals surface area contributed by atoms with Crippen LogP contribution in [0.15, 0.2) is 61.2 Å². The van der Waals surface area contributed by atoms with Crippen molar-refractivity contribution in [3.05, 3.63) is 71.6 Å². The number of nitrogens with zero attached hydrogens (tertiary/aromatic N) is 5. The van der Waals surface area contributed by atoms with E-state index in [0.29, 0.717) is 0 Å². The van der Waals surface area contributed by atoms with E-state index in [2.05, 4.69) is 73.4 Å². The number of hydrogen-bond donors (Lipinski definition) is 2. The zero-order valence-electron chi connectivity index (χ0n) is 20.0. The maximum Gasteiger partial charge on any atom is 0.159 e. The Morgan fingerprint density at radius 1 is 0.917 bits per heavy atom. The Bertz CT molecular complexity index is 1700. The fourth-order valence-electron chi connectivity index (χ4n) is 5.11. The summed E-state index contributed by atoms with van der Waals surface area (Å²) in [6.07, 6.45) is 10.2. The molecule has 36 heavy (non-hydrogen) atoms. The van der Waals surface area contributed by atoms with E-state index >= 15 is 0 Å². The van der Waals surface area contributed by atoms with Gasteiger partial charge in [0.1, 0.15) is 11.2 Å². The maximum atomic E-state index is 4.98. The molecule has 0 aliphatic carbocycles. The van der Waals surface area contributed by atoms with Gasteiger partial charge in [0.2, 0.25) is 0 Å². The number of H-pyrrole nitrogens is 2. The molecule has 8 heteroatoms. The molecule has 178 valence electrons. The summed E-state index contributed by atoms with van der Waals surface area (Å²) in [6.45, 7) is 5.42. The highest BCUT2D eigenvalue weighted by Crippen LogP contribution is 2.35. The zero-order valence-corrected chi connectivity index (χ0v) is 20.8. The first-order valence-electron chi connectivity index (χ1n) is 12.3. The molecule has 7 rings (SSSR count). The van der Waals surface area contributed by atoms with Gasteiger partial charge in [0, 0.05) is 51.4 Å². The van der Waals surface area contributed by atoms with Crippen LogP contribution in [0.1, 0.15) is 23.3 Å². The highest BCUT2D eigenvalue weighted by molar-refractivity contribution is 7.15. The average molecular weight is 492 g/mol. The molecule has 5 aromatic heterocycles. The van der Waals surface area contributed by atoms with Crippen LogP contribution in [-0.4, -0.2) is 48.1 Å². The van der Waals surface area contributed by atoms with Crippen molar-refractivity contribution >= 4 is 33.3 Å². The Hall–Kier alpha value is -3.88. The van der Waals surface area contributed by atoms with Crippen molar-refractivity contribution in [1.29, 1.82) is 0 Å². The molecule has 0 atom stereocenters. The lowest BCUT2D eigenvalue weighted by Gasteiger charge is -2.14. The minimum Gasteiger partial charge on any atom is -0.335 e. The third-order valence-electron chi connectivity index (χ3n) is 6.92. The van der Waals surface area contributed by atoms with Gasteiger partial charge in [0.05, 0.1) is 17.2 Å². The summed E-state index contributed by atoms with van der Waals surface area (Å²) in [4.78, 5) is 22.4. The molecule has 0 amide bonds. The first-order chi connectivity index (χ1) is 17.7. The van der Waals surface area contributed by atoms with E-state index in [4.69, 9.17) is 4.98 Å². The normalized spacial score (nSPS) is 14.4. The highest BCUT2D eigenvalue weighted by Gasteiger charge is 2.17.